The number of hydrogen-bond acceptors (Lipinski definition) is 8. The van der Waals surface area contributed by atoms with Gasteiger partial charge in [0.15, 0.2) is 0 Å². The molecule has 0 aromatic carbocycles. The van der Waals surface area contributed by atoms with Crippen molar-refractivity contribution in [1.29, 1.82) is 0 Å². The third-order valence-corrected chi connectivity index (χ3v) is 3.43. The Morgan fingerprint density at radius 2 is 1.57 bits per heavy atom. The molecule has 0 radical (unpaired) electrons. The fraction of sp³-hybridized carbons (Fsp3) is 0.706. The molecule has 0 fully saturated rings. The van der Waals surface area contributed by atoms with Gasteiger partial charge in [-0.25, -0.2) is 4.79 Å². The van der Waals surface area contributed by atoms with Crippen molar-refractivity contribution in [3.8, 4) is 0 Å². The van der Waals surface area contributed by atoms with E-state index in [2.05, 4.69) is 30.9 Å². The lowest BCUT2D eigenvalue weighted by Crippen LogP contribution is -2.33. The van der Waals surface area contributed by atoms with Gasteiger partial charge < -0.3 is 25.8 Å². The number of nitrogens with one attached hydrogen (secondary N) is 3. The van der Waals surface area contributed by atoms with E-state index in [1.54, 1.807) is 20.8 Å². The minimum Gasteiger partial charge on any atom is -0.481 e. The summed E-state index contributed by atoms with van der Waals surface area (Å²) < 4.78 is 5.15. The molecule has 0 bridgehead atoms. The van der Waals surface area contributed by atoms with E-state index in [9.17, 15) is 9.59 Å². The molecule has 1 aromatic rings. The van der Waals surface area contributed by atoms with Crippen molar-refractivity contribution in [3.63, 3.8) is 0 Å². The third-order valence-electron chi connectivity index (χ3n) is 3.26. The Labute approximate surface area is 169 Å². The van der Waals surface area contributed by atoms with E-state index in [0.29, 0.717) is 44.4 Å². The van der Waals surface area contributed by atoms with E-state index in [4.69, 9.17) is 21.4 Å². The molecule has 158 valence electrons. The second-order valence-corrected chi connectivity index (χ2v) is 7.43. The number of anilines is 2. The fourth-order valence-electron chi connectivity index (χ4n) is 2.08. The molecule has 1 amide bonds. The molecule has 0 spiro atoms. The van der Waals surface area contributed by atoms with E-state index < -0.39 is 17.7 Å². The molecule has 0 unspecified atom stereocenters. The summed E-state index contributed by atoms with van der Waals surface area (Å²) in [6.07, 6.45) is 2.61. The number of rotatable bonds is 12. The van der Waals surface area contributed by atoms with Crippen molar-refractivity contribution in [2.45, 2.75) is 58.5 Å². The van der Waals surface area contributed by atoms with Crippen LogP contribution in [-0.2, 0) is 9.53 Å². The zero-order valence-electron chi connectivity index (χ0n) is 16.5. The van der Waals surface area contributed by atoms with Gasteiger partial charge in [0.1, 0.15) is 5.60 Å². The summed E-state index contributed by atoms with van der Waals surface area (Å²) in [5.74, 6) is -0.0903. The number of carbonyl (C=O) groups excluding carboxylic acids is 1. The number of carboxylic acids is 1. The number of carbonyl (C=O) groups is 2. The highest BCUT2D eigenvalue weighted by Gasteiger charge is 2.15. The zero-order chi connectivity index (χ0) is 21.0. The second kappa shape index (κ2) is 12.2. The Morgan fingerprint density at radius 1 is 0.964 bits per heavy atom. The van der Waals surface area contributed by atoms with Gasteiger partial charge in [0, 0.05) is 26.1 Å². The van der Waals surface area contributed by atoms with Crippen LogP contribution >= 0.6 is 11.6 Å². The Hall–Kier alpha value is -2.36. The van der Waals surface area contributed by atoms with E-state index in [1.807, 2.05) is 0 Å². The van der Waals surface area contributed by atoms with Gasteiger partial charge in [-0.3, -0.25) is 4.79 Å². The quantitative estimate of drug-likeness (QED) is 0.378. The molecule has 1 aromatic heterocycles. The first-order valence-electron chi connectivity index (χ1n) is 9.23. The maximum atomic E-state index is 11.5. The summed E-state index contributed by atoms with van der Waals surface area (Å²) >= 11 is 5.91. The minimum absolute atomic E-state index is 0.0674. The van der Waals surface area contributed by atoms with Gasteiger partial charge in [-0.2, -0.15) is 15.0 Å². The van der Waals surface area contributed by atoms with E-state index >= 15 is 0 Å². The average molecular weight is 417 g/mol. The first-order valence-corrected chi connectivity index (χ1v) is 9.61. The molecule has 28 heavy (non-hydrogen) atoms. The third kappa shape index (κ3) is 12.1. The normalized spacial score (nSPS) is 11.0. The fourth-order valence-corrected chi connectivity index (χ4v) is 2.24. The van der Waals surface area contributed by atoms with Gasteiger partial charge in [-0.05, 0) is 51.6 Å². The van der Waals surface area contributed by atoms with Gasteiger partial charge in [-0.15, -0.1) is 0 Å². The first kappa shape index (κ1) is 23.7. The monoisotopic (exact) mass is 416 g/mol. The summed E-state index contributed by atoms with van der Waals surface area (Å²) in [5.41, 5.74) is -0.524. The lowest BCUT2D eigenvalue weighted by molar-refractivity contribution is -0.137. The average Bonchev–Trinajstić information content (AvgIpc) is 2.55. The number of nitrogens with zero attached hydrogens (tertiary/aromatic N) is 3. The summed E-state index contributed by atoms with van der Waals surface area (Å²) in [7, 11) is 0. The molecular formula is C17H29ClN6O4. The van der Waals surface area contributed by atoms with Crippen molar-refractivity contribution in [3.05, 3.63) is 5.28 Å². The minimum atomic E-state index is -0.783. The SMILES string of the molecule is CC(C)(C)OC(=O)NCCCNc1nc(Cl)nc(NCCCCCC(=O)O)n1. The number of alkyl carbamates (subject to hydrolysis) is 1. The van der Waals surface area contributed by atoms with Crippen molar-refractivity contribution in [1.82, 2.24) is 20.3 Å². The molecule has 0 aliphatic heterocycles. The Bertz CT molecular complexity index is 639. The summed E-state index contributed by atoms with van der Waals surface area (Å²) in [4.78, 5) is 34.2. The number of halogens is 1. The van der Waals surface area contributed by atoms with Crippen LogP contribution in [0, 0.1) is 0 Å². The van der Waals surface area contributed by atoms with Crippen LogP contribution in [0.4, 0.5) is 16.7 Å². The summed E-state index contributed by atoms with van der Waals surface area (Å²) in [6.45, 7) is 7.01. The molecule has 0 atom stereocenters. The maximum Gasteiger partial charge on any atom is 0.407 e. The largest absolute Gasteiger partial charge is 0.481 e. The van der Waals surface area contributed by atoms with Crippen LogP contribution < -0.4 is 16.0 Å². The molecule has 0 saturated carbocycles. The predicted molar refractivity (Wildman–Crippen MR) is 107 cm³/mol. The Morgan fingerprint density at radius 3 is 2.14 bits per heavy atom. The van der Waals surface area contributed by atoms with Crippen molar-refractivity contribution >= 4 is 35.6 Å². The van der Waals surface area contributed by atoms with Crippen molar-refractivity contribution in [2.75, 3.05) is 30.3 Å². The number of unbranched alkanes of at least 4 members (excludes halogenated alkanes) is 2. The Balaban J connectivity index is 2.27. The molecule has 4 N–H and O–H groups in total. The summed E-state index contributed by atoms with van der Waals surface area (Å²) in [6, 6.07) is 0. The van der Waals surface area contributed by atoms with Gasteiger partial charge in [0.05, 0.1) is 0 Å². The Kier molecular flexibility index (Phi) is 10.3. The van der Waals surface area contributed by atoms with Crippen molar-refractivity contribution < 1.29 is 19.4 Å². The van der Waals surface area contributed by atoms with Gasteiger partial charge in [0.2, 0.25) is 17.2 Å². The molecule has 0 aliphatic carbocycles. The van der Waals surface area contributed by atoms with Crippen LogP contribution in [0.2, 0.25) is 5.28 Å². The zero-order valence-corrected chi connectivity index (χ0v) is 17.3. The first-order chi connectivity index (χ1) is 13.2. The van der Waals surface area contributed by atoms with Gasteiger partial charge >= 0.3 is 12.1 Å². The van der Waals surface area contributed by atoms with Crippen molar-refractivity contribution in [2.24, 2.45) is 0 Å². The molecule has 0 aliphatic rings. The molecule has 10 nitrogen and oxygen atoms in total. The van der Waals surface area contributed by atoms with E-state index in [-0.39, 0.29) is 11.7 Å². The van der Waals surface area contributed by atoms with Gasteiger partial charge in [0.25, 0.3) is 0 Å². The molecule has 1 heterocycles. The number of ether oxygens (including phenoxy) is 1. The molecule has 0 saturated heterocycles. The second-order valence-electron chi connectivity index (χ2n) is 7.09. The number of amides is 1. The molecular weight excluding hydrogens is 388 g/mol. The molecule has 1 rings (SSSR count). The van der Waals surface area contributed by atoms with Crippen LogP contribution in [0.25, 0.3) is 0 Å². The van der Waals surface area contributed by atoms with Gasteiger partial charge in [-0.1, -0.05) is 6.42 Å². The van der Waals surface area contributed by atoms with Crippen LogP contribution in [-0.4, -0.2) is 57.4 Å². The lowest BCUT2D eigenvalue weighted by atomic mass is 10.2. The highest BCUT2D eigenvalue weighted by molar-refractivity contribution is 6.28. The van der Waals surface area contributed by atoms with Crippen LogP contribution in [0.15, 0.2) is 0 Å². The number of aliphatic carboxylic acids is 1. The maximum absolute atomic E-state index is 11.5. The topological polar surface area (TPSA) is 138 Å². The van der Waals surface area contributed by atoms with Crippen LogP contribution in [0.1, 0.15) is 52.9 Å². The van der Waals surface area contributed by atoms with Crippen LogP contribution in [0.5, 0.6) is 0 Å². The molecule has 11 heteroatoms. The van der Waals surface area contributed by atoms with E-state index in [0.717, 1.165) is 12.8 Å². The summed E-state index contributed by atoms with van der Waals surface area (Å²) in [5, 5.41) is 17.4. The lowest BCUT2D eigenvalue weighted by Gasteiger charge is -2.19. The standard InChI is InChI=1S/C17H29ClN6O4/c1-17(2,3)28-16(27)21-11-7-10-20-15-23-13(18)22-14(24-15)19-9-6-4-5-8-12(25)26/h4-11H2,1-3H3,(H,21,27)(H,25,26)(H2,19,20,22,23,24). The number of carboxylic acid groups (broad SMARTS) is 1. The highest BCUT2D eigenvalue weighted by atomic mass is 35.5. The van der Waals surface area contributed by atoms with E-state index in [1.165, 1.54) is 0 Å². The smallest absolute Gasteiger partial charge is 0.407 e. The highest BCUT2D eigenvalue weighted by Crippen LogP contribution is 2.10. The number of aromatic nitrogens is 3. The van der Waals surface area contributed by atoms with Crippen LogP contribution in [0.3, 0.4) is 0 Å². The predicted octanol–water partition coefficient (Wildman–Crippen LogP) is 2.91. The number of hydrogen-bond donors (Lipinski definition) is 4.